The summed E-state index contributed by atoms with van der Waals surface area (Å²) in [6.45, 7) is 9.09. The van der Waals surface area contributed by atoms with E-state index < -0.39 is 39.5 Å². The third-order valence-electron chi connectivity index (χ3n) is 8.67. The van der Waals surface area contributed by atoms with E-state index in [1.54, 1.807) is 4.90 Å². The molecule has 0 aliphatic carbocycles. The van der Waals surface area contributed by atoms with E-state index in [1.165, 1.54) is 18.2 Å². The van der Waals surface area contributed by atoms with Crippen LogP contribution in [0.2, 0.25) is 0 Å². The fourth-order valence-corrected chi connectivity index (χ4v) is 5.75. The second-order valence-corrected chi connectivity index (χ2v) is 11.7. The summed E-state index contributed by atoms with van der Waals surface area (Å²) in [4.78, 5) is 29.6. The van der Waals surface area contributed by atoms with Gasteiger partial charge in [0.1, 0.15) is 5.56 Å². The third kappa shape index (κ3) is 7.34. The highest BCUT2D eigenvalue weighted by Crippen LogP contribution is 2.38. The Hall–Kier alpha value is -3.55. The molecule has 0 saturated carbocycles. The Morgan fingerprint density at radius 2 is 1.49 bits per heavy atom. The zero-order chi connectivity index (χ0) is 31.7. The lowest BCUT2D eigenvalue weighted by molar-refractivity contribution is -0.388. The van der Waals surface area contributed by atoms with Crippen LogP contribution in [0.25, 0.3) is 0 Å². The number of anilines is 2. The monoisotopic (exact) mass is 615 g/mol. The summed E-state index contributed by atoms with van der Waals surface area (Å²) in [5.74, 6) is -0.0293. The first-order chi connectivity index (χ1) is 20.0. The van der Waals surface area contributed by atoms with E-state index in [9.17, 15) is 41.3 Å². The maximum absolute atomic E-state index is 13.6. The summed E-state index contributed by atoms with van der Waals surface area (Å²) in [7, 11) is 0. The average molecular weight is 616 g/mol. The summed E-state index contributed by atoms with van der Waals surface area (Å²) in [6.07, 6.45) is -8.25. The van der Waals surface area contributed by atoms with Crippen LogP contribution in [0.15, 0.2) is 42.5 Å². The molecule has 2 aromatic rings. The predicted molar refractivity (Wildman–Crippen MR) is 150 cm³/mol. The number of benzene rings is 2. The van der Waals surface area contributed by atoms with Crippen LogP contribution in [0.1, 0.15) is 44.7 Å². The van der Waals surface area contributed by atoms with Crippen molar-refractivity contribution >= 4 is 23.0 Å². The zero-order valence-electron chi connectivity index (χ0n) is 24.1. The van der Waals surface area contributed by atoms with Gasteiger partial charge in [0, 0.05) is 68.8 Å². The van der Waals surface area contributed by atoms with Crippen molar-refractivity contribution in [2.75, 3.05) is 49.5 Å². The topological polar surface area (TPSA) is 82.0 Å². The summed E-state index contributed by atoms with van der Waals surface area (Å²) in [5, 5.41) is 14.1. The van der Waals surface area contributed by atoms with Crippen LogP contribution < -0.4 is 10.2 Å². The van der Waals surface area contributed by atoms with Crippen LogP contribution in [0.5, 0.6) is 0 Å². The van der Waals surface area contributed by atoms with Gasteiger partial charge in [-0.2, -0.15) is 26.3 Å². The Labute approximate surface area is 245 Å². The number of alkyl halides is 6. The van der Waals surface area contributed by atoms with Gasteiger partial charge in [-0.15, -0.1) is 0 Å². The van der Waals surface area contributed by atoms with Gasteiger partial charge in [0.05, 0.1) is 15.9 Å². The molecule has 0 spiro atoms. The number of nitro groups is 1. The van der Waals surface area contributed by atoms with Crippen molar-refractivity contribution in [3.05, 3.63) is 63.7 Å². The van der Waals surface area contributed by atoms with Crippen molar-refractivity contribution in [1.82, 2.24) is 9.80 Å². The van der Waals surface area contributed by atoms with Gasteiger partial charge in [-0.1, -0.05) is 0 Å². The fraction of sp³-hybridized carbons (Fsp3) is 0.552. The molecular weight excluding hydrogens is 580 g/mol. The zero-order valence-corrected chi connectivity index (χ0v) is 24.1. The number of halogens is 6. The number of nitro benzene ring substituents is 1. The molecule has 0 radical (unpaired) electrons. The Morgan fingerprint density at radius 3 is 2.00 bits per heavy atom. The first kappa shape index (κ1) is 32.4. The number of hydrogen-bond donors (Lipinski definition) is 1. The summed E-state index contributed by atoms with van der Waals surface area (Å²) in [6, 6.07) is 7.64. The number of likely N-dealkylation sites (tertiary alicyclic amines) is 1. The van der Waals surface area contributed by atoms with Crippen molar-refractivity contribution in [2.45, 2.75) is 58.0 Å². The van der Waals surface area contributed by atoms with Crippen molar-refractivity contribution in [1.29, 1.82) is 0 Å². The Bertz CT molecular complexity index is 1300. The molecular formula is C29H35F6N5O3. The van der Waals surface area contributed by atoms with Crippen LogP contribution >= 0.6 is 0 Å². The first-order valence-corrected chi connectivity index (χ1v) is 14.1. The summed E-state index contributed by atoms with van der Waals surface area (Å²) >= 11 is 0. The van der Waals surface area contributed by atoms with Crippen LogP contribution in [-0.4, -0.2) is 72.0 Å². The molecule has 1 amide bonds. The van der Waals surface area contributed by atoms with Crippen LogP contribution in [0, 0.1) is 15.5 Å². The molecule has 2 aliphatic heterocycles. The molecule has 4 rings (SSSR count). The van der Waals surface area contributed by atoms with Crippen molar-refractivity contribution in [3.63, 3.8) is 0 Å². The predicted octanol–water partition coefficient (Wildman–Crippen LogP) is 6.27. The maximum atomic E-state index is 13.6. The van der Waals surface area contributed by atoms with Gasteiger partial charge in [0.25, 0.3) is 5.69 Å². The second-order valence-electron chi connectivity index (χ2n) is 11.7. The lowest BCUT2D eigenvalue weighted by atomic mass is 9.82. The lowest BCUT2D eigenvalue weighted by Crippen LogP contribution is -2.58. The quantitative estimate of drug-likeness (QED) is 0.225. The molecule has 236 valence electrons. The molecule has 2 aliphatic rings. The molecule has 8 nitrogen and oxygen atoms in total. The molecule has 1 atom stereocenters. The molecule has 0 bridgehead atoms. The number of rotatable bonds is 7. The highest BCUT2D eigenvalue weighted by molar-refractivity contribution is 5.83. The van der Waals surface area contributed by atoms with Crippen LogP contribution in [0.4, 0.5) is 43.4 Å². The maximum Gasteiger partial charge on any atom is 0.423 e. The summed E-state index contributed by atoms with van der Waals surface area (Å²) in [5.41, 5.74) is -2.90. The largest absolute Gasteiger partial charge is 0.423 e. The average Bonchev–Trinajstić information content (AvgIpc) is 2.96. The van der Waals surface area contributed by atoms with Gasteiger partial charge < -0.3 is 15.1 Å². The first-order valence-electron chi connectivity index (χ1n) is 14.1. The Morgan fingerprint density at radius 1 is 0.907 bits per heavy atom. The number of carbonyl (C=O) groups excluding carboxylic acids is 1. The van der Waals surface area contributed by atoms with E-state index in [1.807, 2.05) is 25.7 Å². The van der Waals surface area contributed by atoms with E-state index in [0.717, 1.165) is 30.0 Å². The molecule has 14 heteroatoms. The number of piperidine rings is 1. The number of nitrogens with one attached hydrogen (secondary N) is 1. The van der Waals surface area contributed by atoms with Gasteiger partial charge in [-0.05, 0) is 70.0 Å². The van der Waals surface area contributed by atoms with E-state index in [-0.39, 0.29) is 23.7 Å². The van der Waals surface area contributed by atoms with Crippen molar-refractivity contribution in [2.24, 2.45) is 5.41 Å². The highest BCUT2D eigenvalue weighted by Gasteiger charge is 2.42. The lowest BCUT2D eigenvalue weighted by Gasteiger charge is -2.46. The van der Waals surface area contributed by atoms with Gasteiger partial charge in [0.2, 0.25) is 5.91 Å². The number of carbonyl (C=O) groups is 1. The SMILES string of the molecule is CC(N1CCN(c2ccc(C(F)(F)F)cc2)CC1)C(C)(C)C(=O)N1CCC(Nc2ccc([N+](=O)[O-])c(C(F)(F)F)c2)CC1. The molecule has 2 aromatic carbocycles. The normalized spacial score (nSPS) is 18.4. The molecule has 0 aromatic heterocycles. The minimum atomic E-state index is -4.87. The van der Waals surface area contributed by atoms with E-state index in [4.69, 9.17) is 0 Å². The molecule has 1 N–H and O–H groups in total. The molecule has 2 saturated heterocycles. The second kappa shape index (κ2) is 12.2. The van der Waals surface area contributed by atoms with Crippen LogP contribution in [0.3, 0.4) is 0 Å². The number of nitrogens with zero attached hydrogens (tertiary/aromatic N) is 4. The van der Waals surface area contributed by atoms with Gasteiger partial charge in [-0.3, -0.25) is 19.8 Å². The third-order valence-corrected chi connectivity index (χ3v) is 8.67. The minimum absolute atomic E-state index is 0.0293. The molecule has 2 fully saturated rings. The standard InChI is InChI=1S/C29H35F6N5O3/c1-19(37-14-16-38(17-15-37)23-7-4-20(5-8-23)28(30,31)32)27(2,3)26(41)39-12-10-21(11-13-39)36-22-6-9-25(40(42)43)24(18-22)29(33,34)35/h4-9,18-19,21,36H,10-17H2,1-3H3. The summed E-state index contributed by atoms with van der Waals surface area (Å²) < 4.78 is 78.7. The Kier molecular flexibility index (Phi) is 9.19. The van der Waals surface area contributed by atoms with E-state index in [0.29, 0.717) is 52.1 Å². The van der Waals surface area contributed by atoms with Gasteiger partial charge >= 0.3 is 12.4 Å². The number of piperazine rings is 1. The van der Waals surface area contributed by atoms with Crippen molar-refractivity contribution < 1.29 is 36.1 Å². The smallest absolute Gasteiger partial charge is 0.382 e. The van der Waals surface area contributed by atoms with Crippen LogP contribution in [-0.2, 0) is 17.1 Å². The molecule has 2 heterocycles. The van der Waals surface area contributed by atoms with E-state index in [2.05, 4.69) is 10.2 Å². The van der Waals surface area contributed by atoms with Crippen molar-refractivity contribution in [3.8, 4) is 0 Å². The fourth-order valence-electron chi connectivity index (χ4n) is 5.75. The Balaban J connectivity index is 1.30. The number of amides is 1. The van der Waals surface area contributed by atoms with Gasteiger partial charge in [0.15, 0.2) is 0 Å². The molecule has 43 heavy (non-hydrogen) atoms. The minimum Gasteiger partial charge on any atom is -0.382 e. The number of hydrogen-bond acceptors (Lipinski definition) is 6. The van der Waals surface area contributed by atoms with Gasteiger partial charge in [-0.25, -0.2) is 0 Å². The molecule has 1 unspecified atom stereocenters. The highest BCUT2D eigenvalue weighted by atomic mass is 19.4. The van der Waals surface area contributed by atoms with E-state index >= 15 is 0 Å².